The van der Waals surface area contributed by atoms with Crippen LogP contribution in [0.3, 0.4) is 0 Å². The highest BCUT2D eigenvalue weighted by Gasteiger charge is 2.40. The van der Waals surface area contributed by atoms with Gasteiger partial charge in [0.25, 0.3) is 0 Å². The molecule has 9 nitrogen and oxygen atoms in total. The number of nitriles is 1. The maximum absolute atomic E-state index is 11.9. The van der Waals surface area contributed by atoms with Gasteiger partial charge in [-0.25, -0.2) is 13.4 Å². The summed E-state index contributed by atoms with van der Waals surface area (Å²) < 4.78 is 25.9. The van der Waals surface area contributed by atoms with E-state index in [0.717, 1.165) is 49.1 Å². The number of anilines is 1. The molecule has 0 unspecified atom stereocenters. The zero-order valence-electron chi connectivity index (χ0n) is 19.6. The smallest absolute Gasteiger partial charge is 0.153 e. The number of fused-ring (bicyclic) bond motifs is 3. The van der Waals surface area contributed by atoms with E-state index in [0.29, 0.717) is 18.7 Å². The number of sulfone groups is 1. The van der Waals surface area contributed by atoms with E-state index in [4.69, 9.17) is 0 Å². The molecular formula is C25H27N7O2S. The van der Waals surface area contributed by atoms with Gasteiger partial charge in [-0.2, -0.15) is 5.26 Å². The van der Waals surface area contributed by atoms with Crippen LogP contribution in [-0.4, -0.2) is 63.7 Å². The fourth-order valence-corrected chi connectivity index (χ4v) is 7.01. The lowest BCUT2D eigenvalue weighted by molar-refractivity contribution is 0.193. The number of aryl methyl sites for hydroxylation is 1. The molecule has 10 heteroatoms. The summed E-state index contributed by atoms with van der Waals surface area (Å²) in [7, 11) is -2.91. The molecule has 5 heterocycles. The van der Waals surface area contributed by atoms with Crippen molar-refractivity contribution < 1.29 is 8.42 Å². The molecule has 1 aromatic carbocycles. The zero-order chi connectivity index (χ0) is 24.2. The molecule has 3 aliphatic heterocycles. The Morgan fingerprint density at radius 2 is 1.86 bits per heavy atom. The topological polar surface area (TPSA) is 108 Å². The molecule has 35 heavy (non-hydrogen) atoms. The molecule has 6 rings (SSSR count). The lowest BCUT2D eigenvalue weighted by Gasteiger charge is -2.35. The number of piperidine rings is 1. The van der Waals surface area contributed by atoms with E-state index in [9.17, 15) is 13.7 Å². The van der Waals surface area contributed by atoms with Gasteiger partial charge in [-0.05, 0) is 43.5 Å². The van der Waals surface area contributed by atoms with Crippen LogP contribution in [0.2, 0.25) is 0 Å². The summed E-state index contributed by atoms with van der Waals surface area (Å²) in [5, 5.41) is 18.5. The quantitative estimate of drug-likeness (QED) is 0.552. The predicted molar refractivity (Wildman–Crippen MR) is 131 cm³/mol. The number of hydrogen-bond donors (Lipinski definition) is 0. The van der Waals surface area contributed by atoms with Crippen LogP contribution in [0.5, 0.6) is 0 Å². The van der Waals surface area contributed by atoms with Crippen LogP contribution >= 0.6 is 0 Å². The summed E-state index contributed by atoms with van der Waals surface area (Å²) in [6.45, 7) is 5.05. The third-order valence-electron chi connectivity index (χ3n) is 7.42. The Bertz CT molecular complexity index is 1420. The normalized spacial score (nSPS) is 20.4. The number of benzene rings is 1. The molecule has 3 aromatic rings. The van der Waals surface area contributed by atoms with Gasteiger partial charge >= 0.3 is 0 Å². The van der Waals surface area contributed by atoms with Crippen LogP contribution < -0.4 is 4.90 Å². The van der Waals surface area contributed by atoms with Crippen LogP contribution in [0.1, 0.15) is 47.1 Å². The van der Waals surface area contributed by atoms with Crippen molar-refractivity contribution in [2.24, 2.45) is 0 Å². The van der Waals surface area contributed by atoms with Crippen molar-refractivity contribution in [3.05, 3.63) is 64.9 Å². The fourth-order valence-electron chi connectivity index (χ4n) is 5.51. The van der Waals surface area contributed by atoms with Crippen molar-refractivity contribution in [2.75, 3.05) is 29.5 Å². The van der Waals surface area contributed by atoms with Crippen LogP contribution in [0, 0.1) is 18.3 Å². The standard InChI is InChI=1S/C25H27N7O2S/c1-17-2-3-22-20(10-17)13-31(21-15-35(33,34)16-21)14-24-28-29-25(32(22)24)19-5-8-30(9-6-19)23-11-18(12-26)4-7-27-23/h2-4,7,10-11,19,21H,5-6,8-9,13-16H2,1H3. The van der Waals surface area contributed by atoms with Gasteiger partial charge in [0.2, 0.25) is 0 Å². The maximum Gasteiger partial charge on any atom is 0.153 e. The minimum atomic E-state index is -2.91. The first-order valence-electron chi connectivity index (χ1n) is 12.0. The average molecular weight is 490 g/mol. The number of rotatable bonds is 3. The average Bonchev–Trinajstić information content (AvgIpc) is 3.18. The molecule has 180 valence electrons. The Hall–Kier alpha value is -3.29. The third kappa shape index (κ3) is 4.09. The highest BCUT2D eigenvalue weighted by Crippen LogP contribution is 2.35. The molecule has 2 saturated heterocycles. The van der Waals surface area contributed by atoms with E-state index < -0.39 is 9.84 Å². The number of nitrogens with zero attached hydrogens (tertiary/aromatic N) is 7. The molecule has 2 aromatic heterocycles. The van der Waals surface area contributed by atoms with E-state index in [1.54, 1.807) is 12.3 Å². The molecular weight excluding hydrogens is 462 g/mol. The van der Waals surface area contributed by atoms with E-state index in [-0.39, 0.29) is 23.5 Å². The first-order valence-corrected chi connectivity index (χ1v) is 13.8. The van der Waals surface area contributed by atoms with Crippen LogP contribution in [0.4, 0.5) is 5.82 Å². The van der Waals surface area contributed by atoms with Crippen LogP contribution in [-0.2, 0) is 22.9 Å². The van der Waals surface area contributed by atoms with Gasteiger partial charge in [-0.1, -0.05) is 17.7 Å². The monoisotopic (exact) mass is 489 g/mol. The lowest BCUT2D eigenvalue weighted by atomic mass is 9.95. The Morgan fingerprint density at radius 3 is 2.60 bits per heavy atom. The predicted octanol–water partition coefficient (Wildman–Crippen LogP) is 2.34. The molecule has 0 radical (unpaired) electrons. The van der Waals surface area contributed by atoms with Gasteiger partial charge < -0.3 is 4.90 Å². The Balaban J connectivity index is 1.29. The van der Waals surface area contributed by atoms with Crippen molar-refractivity contribution in [3.63, 3.8) is 0 Å². The van der Waals surface area contributed by atoms with E-state index in [2.05, 4.69) is 60.7 Å². The molecule has 3 aliphatic rings. The highest BCUT2D eigenvalue weighted by atomic mass is 32.2. The van der Waals surface area contributed by atoms with E-state index in [1.807, 2.05) is 6.07 Å². The van der Waals surface area contributed by atoms with Crippen molar-refractivity contribution >= 4 is 15.7 Å². The number of pyridine rings is 1. The van der Waals surface area contributed by atoms with Gasteiger partial charge in [0.05, 0.1) is 35.4 Å². The van der Waals surface area contributed by atoms with Gasteiger partial charge in [-0.15, -0.1) is 10.2 Å². The third-order valence-corrected chi connectivity index (χ3v) is 9.20. The molecule has 2 fully saturated rings. The van der Waals surface area contributed by atoms with Crippen molar-refractivity contribution in [2.45, 2.75) is 44.8 Å². The van der Waals surface area contributed by atoms with Crippen LogP contribution in [0.25, 0.3) is 5.69 Å². The van der Waals surface area contributed by atoms with Gasteiger partial charge in [0, 0.05) is 37.8 Å². The number of hydrogen-bond acceptors (Lipinski definition) is 8. The fraction of sp³-hybridized carbons (Fsp3) is 0.440. The zero-order valence-corrected chi connectivity index (χ0v) is 20.4. The summed E-state index contributed by atoms with van der Waals surface area (Å²) in [6.07, 6.45) is 3.53. The van der Waals surface area contributed by atoms with Crippen molar-refractivity contribution in [1.29, 1.82) is 5.26 Å². The van der Waals surface area contributed by atoms with Gasteiger partial charge in [0.15, 0.2) is 15.7 Å². The molecule has 0 amide bonds. The summed E-state index contributed by atoms with van der Waals surface area (Å²) in [6, 6.07) is 12.3. The summed E-state index contributed by atoms with van der Waals surface area (Å²) in [5.41, 5.74) is 4.09. The van der Waals surface area contributed by atoms with Gasteiger partial charge in [-0.3, -0.25) is 9.47 Å². The highest BCUT2D eigenvalue weighted by molar-refractivity contribution is 7.92. The minimum absolute atomic E-state index is 0.0278. The molecule has 0 N–H and O–H groups in total. The first kappa shape index (κ1) is 22.2. The Labute approximate surface area is 204 Å². The first-order chi connectivity index (χ1) is 16.9. The largest absolute Gasteiger partial charge is 0.357 e. The summed E-state index contributed by atoms with van der Waals surface area (Å²) >= 11 is 0. The molecule has 0 spiro atoms. The van der Waals surface area contributed by atoms with Crippen molar-refractivity contribution in [3.8, 4) is 11.8 Å². The molecule has 0 aliphatic carbocycles. The second-order valence-corrected chi connectivity index (χ2v) is 12.0. The minimum Gasteiger partial charge on any atom is -0.357 e. The van der Waals surface area contributed by atoms with E-state index in [1.165, 1.54) is 11.1 Å². The summed E-state index contributed by atoms with van der Waals surface area (Å²) in [5.74, 6) is 3.39. The van der Waals surface area contributed by atoms with Crippen LogP contribution in [0.15, 0.2) is 36.5 Å². The second-order valence-electron chi connectivity index (χ2n) is 9.85. The van der Waals surface area contributed by atoms with Crippen molar-refractivity contribution in [1.82, 2.24) is 24.6 Å². The Kier molecular flexibility index (Phi) is 5.34. The lowest BCUT2D eigenvalue weighted by Crippen LogP contribution is -2.52. The second kappa shape index (κ2) is 8.43. The molecule has 0 saturated carbocycles. The summed E-state index contributed by atoms with van der Waals surface area (Å²) in [4.78, 5) is 8.93. The number of aromatic nitrogens is 4. The van der Waals surface area contributed by atoms with E-state index >= 15 is 0 Å². The SMILES string of the molecule is Cc1ccc2c(c1)CN(C1CS(=O)(=O)C1)Cc1nnc(C3CCN(c4cc(C#N)ccn4)CC3)n1-2. The molecule has 0 bridgehead atoms. The maximum atomic E-state index is 11.9. The molecule has 0 atom stereocenters. The van der Waals surface area contributed by atoms with Gasteiger partial charge in [0.1, 0.15) is 11.6 Å². The Morgan fingerprint density at radius 1 is 1.06 bits per heavy atom.